The summed E-state index contributed by atoms with van der Waals surface area (Å²) in [5, 5.41) is 0. The summed E-state index contributed by atoms with van der Waals surface area (Å²) in [6.07, 6.45) is 0. The van der Waals surface area contributed by atoms with Crippen molar-refractivity contribution in [1.29, 1.82) is 0 Å². The Morgan fingerprint density at radius 2 is 0.375 bits per heavy atom. The van der Waals surface area contributed by atoms with Crippen LogP contribution in [0.4, 0.5) is 0 Å². The van der Waals surface area contributed by atoms with E-state index in [1.807, 2.05) is 0 Å². The quantitative estimate of drug-likeness (QED) is 0.292. The van der Waals surface area contributed by atoms with E-state index in [9.17, 15) is 0 Å². The fourth-order valence-corrected chi connectivity index (χ4v) is 0. The molecule has 0 saturated carbocycles. The van der Waals surface area contributed by atoms with Gasteiger partial charge in [0.05, 0.1) is 0 Å². The van der Waals surface area contributed by atoms with Gasteiger partial charge in [0, 0.05) is 24.4 Å². The van der Waals surface area contributed by atoms with Gasteiger partial charge in [-0.15, -0.1) is 0 Å². The fraction of sp³-hybridized carbons (Fsp3) is 0. The number of hydrogen-bond acceptors (Lipinski definition) is 0. The van der Waals surface area contributed by atoms with Crippen LogP contribution in [-0.2, 0) is 0 Å². The van der Waals surface area contributed by atoms with E-state index in [4.69, 9.17) is 0 Å². The maximum Gasteiger partial charge on any atom is 1.00 e. The van der Waals surface area contributed by atoms with E-state index in [0.717, 1.165) is 0 Å². The molecule has 0 aromatic heterocycles. The number of hydrogen-bond donors (Lipinski definition) is 0. The Balaban J connectivity index is 0. The zero-order chi connectivity index (χ0) is 0. The van der Waals surface area contributed by atoms with Crippen molar-refractivity contribution in [3.63, 3.8) is 0 Å². The Hall–Kier alpha value is 0.996. The average Bonchev–Trinajstić information content (AvgIpc) is 0. The molecule has 0 saturated heterocycles. The molecule has 0 unspecified atom stereocenters. The molecular weight excluding hydrogens is 243 g/mol. The molecule has 0 heterocycles. The Bertz CT molecular complexity index is 8.49. The molecule has 0 fully saturated rings. The molecule has 0 N–H and O–H groups in total. The van der Waals surface area contributed by atoms with Crippen molar-refractivity contribution in [2.45, 2.75) is 0 Å². The molecule has 0 amide bonds. The summed E-state index contributed by atoms with van der Waals surface area (Å²) in [5.41, 5.74) is 0. The van der Waals surface area contributed by atoms with Crippen LogP contribution in [0.25, 0.3) is 0 Å². The number of rotatable bonds is 0. The van der Waals surface area contributed by atoms with Crippen molar-refractivity contribution >= 4 is 24.4 Å². The molecule has 0 aromatic rings. The normalized spacial score (nSPS) is 0. The zero-order valence-corrected chi connectivity index (χ0v) is 6.27. The Kier molecular flexibility index (Phi) is 28600. The Labute approximate surface area is 71.6 Å². The zero-order valence-electron chi connectivity index (χ0n) is 3.72. The van der Waals surface area contributed by atoms with E-state index >= 15 is 0 Å². The minimum Gasteiger partial charge on any atom is -1.00 e. The predicted octanol–water partition coefficient (Wildman–Crippen LogP) is -21.4. The third-order valence-electron chi connectivity index (χ3n) is 0. The van der Waals surface area contributed by atoms with Crippen LogP contribution < -0.4 is 47.1 Å². The second kappa shape index (κ2) is 395. The SMILES string of the molecule is [F-].[F-].[F-].[F-].[F-].[F-].[Li+].[Sb]. The molecule has 0 aromatic carbocycles. The van der Waals surface area contributed by atoms with Gasteiger partial charge in [0.15, 0.2) is 0 Å². The summed E-state index contributed by atoms with van der Waals surface area (Å²) in [5.74, 6) is 0. The standard InChI is InChI=1S/6FH.Li.Sb/h6*1H;;/q;;;;;;+1;/p-6. The van der Waals surface area contributed by atoms with Gasteiger partial charge >= 0.3 is 18.9 Å². The van der Waals surface area contributed by atoms with Crippen LogP contribution in [0.5, 0.6) is 0 Å². The van der Waals surface area contributed by atoms with Crippen LogP contribution in [0.15, 0.2) is 0 Å². The van der Waals surface area contributed by atoms with Gasteiger partial charge < -0.3 is 28.2 Å². The van der Waals surface area contributed by atoms with Crippen molar-refractivity contribution in [2.75, 3.05) is 0 Å². The van der Waals surface area contributed by atoms with Gasteiger partial charge in [-0.3, -0.25) is 0 Å². The molecule has 0 aliphatic rings. The van der Waals surface area contributed by atoms with Crippen LogP contribution in [0, 0.1) is 0 Å². The second-order valence-corrected chi connectivity index (χ2v) is 0. The first-order valence-corrected chi connectivity index (χ1v) is 0. The Morgan fingerprint density at radius 1 is 0.375 bits per heavy atom. The summed E-state index contributed by atoms with van der Waals surface area (Å²) in [4.78, 5) is 0. The van der Waals surface area contributed by atoms with Crippen molar-refractivity contribution in [3.05, 3.63) is 0 Å². The van der Waals surface area contributed by atoms with Gasteiger partial charge in [0.1, 0.15) is 0 Å². The van der Waals surface area contributed by atoms with E-state index in [1.54, 1.807) is 0 Å². The first-order valence-electron chi connectivity index (χ1n) is 0. The third kappa shape index (κ3) is 254. The molecule has 0 aliphatic carbocycles. The van der Waals surface area contributed by atoms with Crippen LogP contribution in [-0.4, -0.2) is 24.4 Å². The van der Waals surface area contributed by atoms with Crippen LogP contribution in [0.3, 0.4) is 0 Å². The first kappa shape index (κ1) is 580. The first-order chi connectivity index (χ1) is 0. The monoisotopic (exact) mass is 242 g/mol. The molecule has 0 nitrogen and oxygen atoms in total. The van der Waals surface area contributed by atoms with E-state index in [0.29, 0.717) is 0 Å². The Morgan fingerprint density at radius 3 is 0.375 bits per heavy atom. The van der Waals surface area contributed by atoms with Gasteiger partial charge in [0.25, 0.3) is 0 Å². The summed E-state index contributed by atoms with van der Waals surface area (Å²) in [6, 6.07) is 0. The van der Waals surface area contributed by atoms with Crippen molar-refractivity contribution in [1.82, 2.24) is 0 Å². The topological polar surface area (TPSA) is 0 Å². The van der Waals surface area contributed by atoms with Gasteiger partial charge in [-0.2, -0.15) is 0 Å². The molecule has 8 heteroatoms. The molecule has 8 heavy (non-hydrogen) atoms. The van der Waals surface area contributed by atoms with Crippen molar-refractivity contribution in [3.8, 4) is 0 Å². The van der Waals surface area contributed by atoms with Crippen LogP contribution in [0.1, 0.15) is 0 Å². The molecule has 0 rings (SSSR count). The summed E-state index contributed by atoms with van der Waals surface area (Å²) in [6.45, 7) is 0. The summed E-state index contributed by atoms with van der Waals surface area (Å²) >= 11 is 0. The maximum absolute atomic E-state index is 0. The molecule has 0 aliphatic heterocycles. The third-order valence-corrected chi connectivity index (χ3v) is 0. The van der Waals surface area contributed by atoms with E-state index in [1.165, 1.54) is 0 Å². The predicted molar refractivity (Wildman–Crippen MR) is 5.75 cm³/mol. The average molecular weight is 243 g/mol. The minimum atomic E-state index is 0. The molecule has 53 valence electrons. The van der Waals surface area contributed by atoms with E-state index in [2.05, 4.69) is 0 Å². The van der Waals surface area contributed by atoms with Gasteiger partial charge in [0.2, 0.25) is 0 Å². The van der Waals surface area contributed by atoms with Crippen LogP contribution >= 0.6 is 0 Å². The van der Waals surface area contributed by atoms with Crippen molar-refractivity contribution in [2.24, 2.45) is 0 Å². The molecule has 0 bridgehead atoms. The molecular formula is F6LiSb-5. The van der Waals surface area contributed by atoms with E-state index < -0.39 is 0 Å². The van der Waals surface area contributed by atoms with Gasteiger partial charge in [-0.05, 0) is 0 Å². The van der Waals surface area contributed by atoms with Crippen LogP contribution in [0.2, 0.25) is 0 Å². The minimum absolute atomic E-state index is 0. The largest absolute Gasteiger partial charge is 1.00 e. The molecule has 0 atom stereocenters. The number of halogens is 6. The molecule has 0 spiro atoms. The van der Waals surface area contributed by atoms with Crippen molar-refractivity contribution < 1.29 is 47.1 Å². The van der Waals surface area contributed by atoms with Gasteiger partial charge in [-0.25, -0.2) is 0 Å². The second-order valence-electron chi connectivity index (χ2n) is 0. The van der Waals surface area contributed by atoms with Gasteiger partial charge in [-0.1, -0.05) is 0 Å². The fourth-order valence-electron chi connectivity index (χ4n) is 0. The van der Waals surface area contributed by atoms with E-state index in [-0.39, 0.29) is 71.5 Å². The molecule has 3 radical (unpaired) electrons. The smallest absolute Gasteiger partial charge is 1.00 e. The summed E-state index contributed by atoms with van der Waals surface area (Å²) < 4.78 is 0. The maximum atomic E-state index is 0. The summed E-state index contributed by atoms with van der Waals surface area (Å²) in [7, 11) is 0.